The molecule has 1 heterocycles. The molecule has 0 unspecified atom stereocenters. The van der Waals surface area contributed by atoms with Gasteiger partial charge in [0.1, 0.15) is 0 Å². The van der Waals surface area contributed by atoms with Crippen molar-refractivity contribution >= 4 is 11.4 Å². The summed E-state index contributed by atoms with van der Waals surface area (Å²) in [4.78, 5) is 11.2. The molecule has 1 aromatic carbocycles. The molecule has 0 bridgehead atoms. The van der Waals surface area contributed by atoms with Crippen LogP contribution in [0.25, 0.3) is 0 Å². The lowest BCUT2D eigenvalue weighted by atomic mass is 9.88. The van der Waals surface area contributed by atoms with Crippen molar-refractivity contribution in [3.63, 3.8) is 0 Å². The van der Waals surface area contributed by atoms with Gasteiger partial charge < -0.3 is 10.0 Å². The molecule has 0 amide bonds. The molecule has 1 N–H and O–H groups in total. The summed E-state index contributed by atoms with van der Waals surface area (Å²) in [6, 6.07) is 2.67. The minimum Gasteiger partial charge on any atom is -0.386 e. The van der Waals surface area contributed by atoms with Crippen molar-refractivity contribution in [1.29, 1.82) is 0 Å². The van der Waals surface area contributed by atoms with Crippen molar-refractivity contribution in [2.75, 3.05) is 18.0 Å². The maximum atomic E-state index is 13.0. The first-order valence-electron chi connectivity index (χ1n) is 6.49. The maximum absolute atomic E-state index is 13.0. The minimum absolute atomic E-state index is 0.0989. The Kier molecular flexibility index (Phi) is 3.83. The molecular formula is C13H15F3N2O3. The zero-order valence-corrected chi connectivity index (χ0v) is 11.4. The Morgan fingerprint density at radius 1 is 1.43 bits per heavy atom. The van der Waals surface area contributed by atoms with E-state index >= 15 is 0 Å². The van der Waals surface area contributed by atoms with Gasteiger partial charge in [0.25, 0.3) is 5.69 Å². The van der Waals surface area contributed by atoms with E-state index in [1.807, 2.05) is 6.92 Å². The van der Waals surface area contributed by atoms with Gasteiger partial charge in [-0.25, -0.2) is 0 Å². The first kappa shape index (κ1) is 15.6. The fourth-order valence-corrected chi connectivity index (χ4v) is 2.60. The number of rotatable bonds is 4. The molecule has 0 aliphatic carbocycles. The topological polar surface area (TPSA) is 66.6 Å². The number of hydrogen-bond donors (Lipinski definition) is 1. The third kappa shape index (κ3) is 3.10. The van der Waals surface area contributed by atoms with Crippen LogP contribution in [0.3, 0.4) is 0 Å². The van der Waals surface area contributed by atoms with Crippen LogP contribution in [0, 0.1) is 10.1 Å². The molecule has 0 atom stereocenters. The summed E-state index contributed by atoms with van der Waals surface area (Å²) in [7, 11) is 0. The van der Waals surface area contributed by atoms with Gasteiger partial charge in [-0.2, -0.15) is 13.2 Å². The van der Waals surface area contributed by atoms with E-state index in [0.29, 0.717) is 12.5 Å². The molecule has 2 rings (SSSR count). The summed E-state index contributed by atoms with van der Waals surface area (Å²) in [6.45, 7) is 2.08. The van der Waals surface area contributed by atoms with E-state index in [0.717, 1.165) is 18.6 Å². The highest BCUT2D eigenvalue weighted by atomic mass is 19.4. The van der Waals surface area contributed by atoms with Gasteiger partial charge in [-0.05, 0) is 12.5 Å². The number of benzene rings is 1. The first-order chi connectivity index (χ1) is 9.66. The number of aliphatic hydroxyl groups is 1. The van der Waals surface area contributed by atoms with Gasteiger partial charge in [-0.15, -0.1) is 0 Å². The average Bonchev–Trinajstić information content (AvgIpc) is 2.34. The fourth-order valence-electron chi connectivity index (χ4n) is 2.60. The molecule has 1 aliphatic rings. The van der Waals surface area contributed by atoms with Gasteiger partial charge in [0.05, 0.1) is 16.1 Å². The predicted molar refractivity (Wildman–Crippen MR) is 70.2 cm³/mol. The molecule has 1 aliphatic heterocycles. The number of non-ortho nitro benzene ring substituents is 1. The predicted octanol–water partition coefficient (Wildman–Crippen LogP) is 2.96. The molecule has 5 nitrogen and oxygen atoms in total. The number of nitrogens with zero attached hydrogens (tertiary/aromatic N) is 2. The number of β-amino-alcohol motifs (C(OH)–C–C–N with tert-alkyl or cyclic N) is 1. The molecule has 21 heavy (non-hydrogen) atoms. The quantitative estimate of drug-likeness (QED) is 0.686. The lowest BCUT2D eigenvalue weighted by Crippen LogP contribution is -2.62. The Morgan fingerprint density at radius 2 is 2.05 bits per heavy atom. The van der Waals surface area contributed by atoms with Crippen LogP contribution >= 0.6 is 0 Å². The van der Waals surface area contributed by atoms with E-state index in [-0.39, 0.29) is 18.8 Å². The number of nitro groups is 1. The highest BCUT2D eigenvalue weighted by Crippen LogP contribution is 2.42. The fraction of sp³-hybridized carbons (Fsp3) is 0.538. The number of hydrogen-bond acceptors (Lipinski definition) is 4. The van der Waals surface area contributed by atoms with Gasteiger partial charge in [0.2, 0.25) is 0 Å². The van der Waals surface area contributed by atoms with Crippen LogP contribution in [0.1, 0.15) is 25.3 Å². The van der Waals surface area contributed by atoms with Crippen molar-refractivity contribution in [3.8, 4) is 0 Å². The Morgan fingerprint density at radius 3 is 2.52 bits per heavy atom. The van der Waals surface area contributed by atoms with E-state index in [2.05, 4.69) is 0 Å². The van der Waals surface area contributed by atoms with Gasteiger partial charge in [0.15, 0.2) is 0 Å². The van der Waals surface area contributed by atoms with E-state index in [1.165, 1.54) is 4.90 Å². The molecule has 116 valence electrons. The molecule has 1 fully saturated rings. The van der Waals surface area contributed by atoms with Crippen molar-refractivity contribution in [2.24, 2.45) is 0 Å². The number of anilines is 1. The van der Waals surface area contributed by atoms with Gasteiger partial charge in [-0.3, -0.25) is 10.1 Å². The number of nitro benzene ring substituents is 1. The minimum atomic E-state index is -4.68. The van der Waals surface area contributed by atoms with E-state index in [1.54, 1.807) is 0 Å². The molecular weight excluding hydrogens is 289 g/mol. The first-order valence-corrected chi connectivity index (χ1v) is 6.49. The van der Waals surface area contributed by atoms with Crippen LogP contribution < -0.4 is 4.90 Å². The van der Waals surface area contributed by atoms with Gasteiger partial charge >= 0.3 is 6.18 Å². The summed E-state index contributed by atoms with van der Waals surface area (Å²) in [5.74, 6) is 0. The third-order valence-electron chi connectivity index (χ3n) is 3.52. The standard InChI is InChI=1S/C13H15F3N2O3/c1-2-5-12(19)7-17(8-12)11-4-3-9(18(20)21)6-10(11)13(14,15)16/h3-4,6,19H,2,5,7-8H2,1H3. The van der Waals surface area contributed by atoms with Crippen LogP contribution in [-0.4, -0.2) is 28.7 Å². The zero-order chi connectivity index (χ0) is 15.8. The monoisotopic (exact) mass is 304 g/mol. The van der Waals surface area contributed by atoms with Crippen LogP contribution in [0.2, 0.25) is 0 Å². The zero-order valence-electron chi connectivity index (χ0n) is 11.4. The van der Waals surface area contributed by atoms with E-state index < -0.39 is 28.0 Å². The van der Waals surface area contributed by atoms with Crippen molar-refractivity contribution in [1.82, 2.24) is 0 Å². The Labute approximate surface area is 119 Å². The molecule has 1 saturated heterocycles. The second kappa shape index (κ2) is 5.18. The highest BCUT2D eigenvalue weighted by Gasteiger charge is 2.44. The van der Waals surface area contributed by atoms with Crippen LogP contribution in [-0.2, 0) is 6.18 Å². The highest BCUT2D eigenvalue weighted by molar-refractivity contribution is 5.61. The van der Waals surface area contributed by atoms with Gasteiger partial charge in [-0.1, -0.05) is 13.3 Å². The molecule has 0 radical (unpaired) electrons. The van der Waals surface area contributed by atoms with Crippen LogP contribution in [0.4, 0.5) is 24.5 Å². The average molecular weight is 304 g/mol. The van der Waals surface area contributed by atoms with Crippen LogP contribution in [0.15, 0.2) is 18.2 Å². The Bertz CT molecular complexity index is 554. The summed E-state index contributed by atoms with van der Waals surface area (Å²) in [5.41, 5.74) is -2.75. The molecule has 8 heteroatoms. The second-order valence-corrected chi connectivity index (χ2v) is 5.29. The SMILES string of the molecule is CCCC1(O)CN(c2ccc([N+](=O)[O-])cc2C(F)(F)F)C1. The summed E-state index contributed by atoms with van der Waals surface area (Å²) in [5, 5.41) is 20.7. The Balaban J connectivity index is 2.31. The lowest BCUT2D eigenvalue weighted by molar-refractivity contribution is -0.385. The van der Waals surface area contributed by atoms with Gasteiger partial charge in [0, 0.05) is 30.9 Å². The number of halogens is 3. The summed E-state index contributed by atoms with van der Waals surface area (Å²) >= 11 is 0. The smallest absolute Gasteiger partial charge is 0.386 e. The second-order valence-electron chi connectivity index (χ2n) is 5.29. The third-order valence-corrected chi connectivity index (χ3v) is 3.52. The number of alkyl halides is 3. The van der Waals surface area contributed by atoms with E-state index in [4.69, 9.17) is 0 Å². The summed E-state index contributed by atoms with van der Waals surface area (Å²) < 4.78 is 39.1. The maximum Gasteiger partial charge on any atom is 0.418 e. The van der Waals surface area contributed by atoms with Crippen LogP contribution in [0.5, 0.6) is 0 Å². The summed E-state index contributed by atoms with van der Waals surface area (Å²) in [6.07, 6.45) is -3.44. The van der Waals surface area contributed by atoms with Crippen molar-refractivity contribution < 1.29 is 23.2 Å². The molecule has 0 saturated carbocycles. The lowest BCUT2D eigenvalue weighted by Gasteiger charge is -2.48. The molecule has 0 spiro atoms. The Hall–Kier alpha value is -1.83. The van der Waals surface area contributed by atoms with E-state index in [9.17, 15) is 28.4 Å². The van der Waals surface area contributed by atoms with Crippen molar-refractivity contribution in [3.05, 3.63) is 33.9 Å². The largest absolute Gasteiger partial charge is 0.418 e. The molecule has 1 aromatic rings. The normalized spacial score (nSPS) is 17.5. The molecule has 0 aromatic heterocycles. The van der Waals surface area contributed by atoms with Crippen molar-refractivity contribution in [2.45, 2.75) is 31.5 Å².